The second-order valence-corrected chi connectivity index (χ2v) is 4.59. The van der Waals surface area contributed by atoms with Crippen LogP contribution in [0.1, 0.15) is 19.4 Å². The lowest BCUT2D eigenvalue weighted by atomic mass is 10.2. The van der Waals surface area contributed by atoms with E-state index in [0.717, 1.165) is 24.3 Å². The summed E-state index contributed by atoms with van der Waals surface area (Å²) in [6, 6.07) is 4.21. The van der Waals surface area contributed by atoms with Crippen LogP contribution in [0.25, 0.3) is 0 Å². The number of nitrogens with one attached hydrogen (secondary N) is 2. The van der Waals surface area contributed by atoms with Gasteiger partial charge in [-0.25, -0.2) is 14.4 Å². The Morgan fingerprint density at radius 3 is 2.60 bits per heavy atom. The molecule has 0 aliphatic rings. The maximum atomic E-state index is 13.0. The number of nitrogens with zero attached hydrogens (tertiary/aromatic N) is 2. The number of hydrogen-bond donors (Lipinski definition) is 2. The summed E-state index contributed by atoms with van der Waals surface area (Å²) >= 11 is 6.01. The molecule has 0 atom stereocenters. The predicted octanol–water partition coefficient (Wildman–Crippen LogP) is 4.01. The van der Waals surface area contributed by atoms with Crippen LogP contribution in [0.5, 0.6) is 0 Å². The van der Waals surface area contributed by atoms with Gasteiger partial charge in [0.25, 0.3) is 0 Å². The minimum Gasteiger partial charge on any atom is -0.370 e. The Labute approximate surface area is 122 Å². The van der Waals surface area contributed by atoms with Crippen LogP contribution in [0, 0.1) is 5.82 Å². The third-order valence-electron chi connectivity index (χ3n) is 2.83. The van der Waals surface area contributed by atoms with Crippen LogP contribution >= 0.6 is 11.6 Å². The van der Waals surface area contributed by atoms with E-state index in [2.05, 4.69) is 20.6 Å². The Bertz CT molecular complexity index is 604. The summed E-state index contributed by atoms with van der Waals surface area (Å²) in [4.78, 5) is 8.46. The van der Waals surface area contributed by atoms with Crippen molar-refractivity contribution in [2.24, 2.45) is 0 Å². The van der Waals surface area contributed by atoms with Crippen molar-refractivity contribution in [1.29, 1.82) is 0 Å². The van der Waals surface area contributed by atoms with Gasteiger partial charge in [-0.3, -0.25) is 0 Å². The van der Waals surface area contributed by atoms with Crippen LogP contribution in [0.15, 0.2) is 24.5 Å². The van der Waals surface area contributed by atoms with Crippen LogP contribution < -0.4 is 10.6 Å². The zero-order chi connectivity index (χ0) is 14.5. The minimum atomic E-state index is -0.368. The summed E-state index contributed by atoms with van der Waals surface area (Å²) in [5, 5.41) is 6.64. The van der Waals surface area contributed by atoms with Crippen molar-refractivity contribution in [3.63, 3.8) is 0 Å². The summed E-state index contributed by atoms with van der Waals surface area (Å²) in [5.74, 6) is 1.10. The van der Waals surface area contributed by atoms with Gasteiger partial charge in [0.15, 0.2) is 0 Å². The third kappa shape index (κ3) is 3.17. The maximum Gasteiger partial charge on any atom is 0.139 e. The third-order valence-corrected chi connectivity index (χ3v) is 3.14. The normalized spacial score (nSPS) is 10.4. The lowest BCUT2D eigenvalue weighted by Crippen LogP contribution is -2.07. The first kappa shape index (κ1) is 14.5. The van der Waals surface area contributed by atoms with E-state index in [1.54, 1.807) is 6.07 Å². The molecule has 1 heterocycles. The van der Waals surface area contributed by atoms with Gasteiger partial charge < -0.3 is 10.6 Å². The molecule has 0 aliphatic carbocycles. The van der Waals surface area contributed by atoms with Gasteiger partial charge in [-0.05, 0) is 31.5 Å². The monoisotopic (exact) mass is 294 g/mol. The molecule has 106 valence electrons. The molecule has 2 aromatic rings. The summed E-state index contributed by atoms with van der Waals surface area (Å²) in [5.41, 5.74) is 1.58. The highest BCUT2D eigenvalue weighted by atomic mass is 35.5. The highest BCUT2D eigenvalue weighted by Gasteiger charge is 2.11. The SMILES string of the molecule is CCNc1ncnc(Nc2ccc(F)cc2Cl)c1CC. The molecule has 0 aliphatic heterocycles. The Kier molecular flexibility index (Phi) is 4.74. The highest BCUT2D eigenvalue weighted by molar-refractivity contribution is 6.33. The van der Waals surface area contributed by atoms with Gasteiger partial charge in [0.1, 0.15) is 23.8 Å². The first-order valence-corrected chi connectivity index (χ1v) is 6.83. The molecule has 0 spiro atoms. The van der Waals surface area contributed by atoms with Crippen LogP contribution in [0.3, 0.4) is 0 Å². The number of aromatic nitrogens is 2. The average Bonchev–Trinajstić information content (AvgIpc) is 2.42. The van der Waals surface area contributed by atoms with Crippen molar-refractivity contribution in [3.8, 4) is 0 Å². The predicted molar refractivity (Wildman–Crippen MR) is 80.3 cm³/mol. The van der Waals surface area contributed by atoms with Crippen molar-refractivity contribution in [2.75, 3.05) is 17.2 Å². The zero-order valence-corrected chi connectivity index (χ0v) is 12.1. The molecule has 0 fully saturated rings. The molecule has 2 rings (SSSR count). The van der Waals surface area contributed by atoms with Crippen molar-refractivity contribution in [1.82, 2.24) is 9.97 Å². The van der Waals surface area contributed by atoms with Gasteiger partial charge in [0, 0.05) is 12.1 Å². The highest BCUT2D eigenvalue weighted by Crippen LogP contribution is 2.28. The van der Waals surface area contributed by atoms with Gasteiger partial charge in [-0.15, -0.1) is 0 Å². The quantitative estimate of drug-likeness (QED) is 0.875. The molecule has 1 aromatic carbocycles. The first-order valence-electron chi connectivity index (χ1n) is 6.45. The van der Waals surface area contributed by atoms with Crippen LogP contribution in [0.4, 0.5) is 21.7 Å². The summed E-state index contributed by atoms with van der Waals surface area (Å²) in [6.45, 7) is 4.81. The number of rotatable bonds is 5. The van der Waals surface area contributed by atoms with Crippen molar-refractivity contribution < 1.29 is 4.39 Å². The zero-order valence-electron chi connectivity index (χ0n) is 11.4. The summed E-state index contributed by atoms with van der Waals surface area (Å²) in [6.07, 6.45) is 2.25. The molecule has 0 unspecified atom stereocenters. The van der Waals surface area contributed by atoms with Gasteiger partial charge >= 0.3 is 0 Å². The second kappa shape index (κ2) is 6.52. The fraction of sp³-hybridized carbons (Fsp3) is 0.286. The Hall–Kier alpha value is -1.88. The molecule has 0 radical (unpaired) electrons. The average molecular weight is 295 g/mol. The second-order valence-electron chi connectivity index (χ2n) is 4.18. The number of anilines is 3. The van der Waals surface area contributed by atoms with Crippen LogP contribution in [0.2, 0.25) is 5.02 Å². The molecule has 0 amide bonds. The molecule has 0 saturated carbocycles. The van der Waals surface area contributed by atoms with Crippen LogP contribution in [-0.4, -0.2) is 16.5 Å². The molecule has 4 nitrogen and oxygen atoms in total. The smallest absolute Gasteiger partial charge is 0.139 e. The molecular weight excluding hydrogens is 279 g/mol. The van der Waals surface area contributed by atoms with Crippen molar-refractivity contribution in [3.05, 3.63) is 40.9 Å². The number of hydrogen-bond acceptors (Lipinski definition) is 4. The van der Waals surface area contributed by atoms with E-state index in [9.17, 15) is 4.39 Å². The molecule has 0 bridgehead atoms. The largest absolute Gasteiger partial charge is 0.370 e. The lowest BCUT2D eigenvalue weighted by molar-refractivity contribution is 0.628. The lowest BCUT2D eigenvalue weighted by Gasteiger charge is -2.14. The minimum absolute atomic E-state index is 0.315. The first-order chi connectivity index (χ1) is 9.65. The fourth-order valence-corrected chi connectivity index (χ4v) is 2.11. The number of benzene rings is 1. The van der Waals surface area contributed by atoms with E-state index in [0.29, 0.717) is 16.5 Å². The molecule has 0 saturated heterocycles. The van der Waals surface area contributed by atoms with Gasteiger partial charge in [-0.2, -0.15) is 0 Å². The van der Waals surface area contributed by atoms with E-state index in [1.807, 2.05) is 13.8 Å². The van der Waals surface area contributed by atoms with Crippen LogP contribution in [-0.2, 0) is 6.42 Å². The molecule has 20 heavy (non-hydrogen) atoms. The Balaban J connectivity index is 2.35. The fourth-order valence-electron chi connectivity index (χ4n) is 1.89. The standard InChI is InChI=1S/C14H16ClFN4/c1-3-10-13(17-4-2)18-8-19-14(10)20-12-6-5-9(16)7-11(12)15/h5-8H,3-4H2,1-2H3,(H2,17,18,19,20). The summed E-state index contributed by atoms with van der Waals surface area (Å²) < 4.78 is 13.0. The van der Waals surface area contributed by atoms with Crippen molar-refractivity contribution >= 4 is 28.9 Å². The van der Waals surface area contributed by atoms with E-state index in [1.165, 1.54) is 18.5 Å². The van der Waals surface area contributed by atoms with E-state index >= 15 is 0 Å². The molecule has 2 N–H and O–H groups in total. The van der Waals surface area contributed by atoms with E-state index in [-0.39, 0.29) is 5.82 Å². The van der Waals surface area contributed by atoms with Gasteiger partial charge in [-0.1, -0.05) is 18.5 Å². The topological polar surface area (TPSA) is 49.8 Å². The molecular formula is C14H16ClFN4. The van der Waals surface area contributed by atoms with Crippen molar-refractivity contribution in [2.45, 2.75) is 20.3 Å². The summed E-state index contributed by atoms with van der Waals surface area (Å²) in [7, 11) is 0. The van der Waals surface area contributed by atoms with Gasteiger partial charge in [0.05, 0.1) is 10.7 Å². The molecule has 1 aromatic heterocycles. The Morgan fingerprint density at radius 1 is 1.20 bits per heavy atom. The van der Waals surface area contributed by atoms with E-state index < -0.39 is 0 Å². The molecule has 6 heteroatoms. The maximum absolute atomic E-state index is 13.0. The van der Waals surface area contributed by atoms with Gasteiger partial charge in [0.2, 0.25) is 0 Å². The number of halogens is 2. The Morgan fingerprint density at radius 2 is 1.95 bits per heavy atom. The van der Waals surface area contributed by atoms with E-state index in [4.69, 9.17) is 11.6 Å².